The Morgan fingerprint density at radius 1 is 1.03 bits per heavy atom. The first-order valence-corrected chi connectivity index (χ1v) is 11.7. The Balaban J connectivity index is 1.69. The normalized spacial score (nSPS) is 12.2. The van der Waals surface area contributed by atoms with Gasteiger partial charge in [-0.15, -0.1) is 11.3 Å². The van der Waals surface area contributed by atoms with Gasteiger partial charge in [0.25, 0.3) is 0 Å². The molecule has 7 nitrogen and oxygen atoms in total. The van der Waals surface area contributed by atoms with Gasteiger partial charge in [-0.05, 0) is 47.3 Å². The Morgan fingerprint density at radius 3 is 2.40 bits per heavy atom. The number of sulfone groups is 1. The van der Waals surface area contributed by atoms with E-state index in [2.05, 4.69) is 15.6 Å². The lowest BCUT2D eigenvalue weighted by Gasteiger charge is -2.17. The number of benzene rings is 1. The van der Waals surface area contributed by atoms with Gasteiger partial charge in [0.15, 0.2) is 9.84 Å². The summed E-state index contributed by atoms with van der Waals surface area (Å²) in [5.41, 5.74) is 0.737. The highest BCUT2D eigenvalue weighted by Crippen LogP contribution is 2.31. The van der Waals surface area contributed by atoms with E-state index >= 15 is 0 Å². The second-order valence-corrected chi connectivity index (χ2v) is 9.80. The molecule has 2 heterocycles. The van der Waals surface area contributed by atoms with Crippen LogP contribution in [0.3, 0.4) is 0 Å². The Hall–Kier alpha value is -2.75. The van der Waals surface area contributed by atoms with Crippen molar-refractivity contribution in [3.8, 4) is 0 Å². The van der Waals surface area contributed by atoms with E-state index in [4.69, 9.17) is 11.6 Å². The molecule has 0 spiro atoms. The summed E-state index contributed by atoms with van der Waals surface area (Å²) in [6.45, 7) is -0.109. The third-order valence-electron chi connectivity index (χ3n) is 4.21. The van der Waals surface area contributed by atoms with Crippen LogP contribution in [0.5, 0.6) is 0 Å². The Morgan fingerprint density at radius 2 is 1.77 bits per heavy atom. The van der Waals surface area contributed by atoms with Crippen molar-refractivity contribution in [2.75, 3.05) is 6.54 Å². The zero-order chi connectivity index (χ0) is 21.6. The van der Waals surface area contributed by atoms with Gasteiger partial charge < -0.3 is 10.6 Å². The number of hydrogen-bond acceptors (Lipinski definition) is 6. The van der Waals surface area contributed by atoms with Gasteiger partial charge >= 0.3 is 11.8 Å². The number of nitrogens with one attached hydrogen (secondary N) is 2. The summed E-state index contributed by atoms with van der Waals surface area (Å²) in [7, 11) is -3.82. The maximum atomic E-state index is 13.1. The number of halogens is 1. The molecule has 156 valence electrons. The Labute approximate surface area is 183 Å². The minimum Gasteiger partial charge on any atom is -0.346 e. The number of nitrogens with zero attached hydrogens (tertiary/aromatic N) is 1. The molecule has 2 amide bonds. The second kappa shape index (κ2) is 9.84. The summed E-state index contributed by atoms with van der Waals surface area (Å²) in [4.78, 5) is 28.8. The number of rotatable bonds is 7. The van der Waals surface area contributed by atoms with E-state index in [1.54, 1.807) is 42.0 Å². The first-order chi connectivity index (χ1) is 14.4. The lowest BCUT2D eigenvalue weighted by atomic mass is 10.3. The van der Waals surface area contributed by atoms with E-state index in [0.29, 0.717) is 9.90 Å². The molecule has 30 heavy (non-hydrogen) atoms. The fraction of sp³-hybridized carbons (Fsp3) is 0.150. The van der Waals surface area contributed by atoms with Crippen molar-refractivity contribution in [3.63, 3.8) is 0 Å². The lowest BCUT2D eigenvalue weighted by Crippen LogP contribution is -2.42. The molecular weight excluding hydrogens is 446 g/mol. The molecule has 1 atom stereocenters. The van der Waals surface area contributed by atoms with Crippen LogP contribution in [0.15, 0.2) is 71.2 Å². The maximum absolute atomic E-state index is 13.1. The Kier molecular flexibility index (Phi) is 7.20. The highest BCUT2D eigenvalue weighted by atomic mass is 35.5. The van der Waals surface area contributed by atoms with Crippen LogP contribution in [0.4, 0.5) is 0 Å². The molecule has 0 aliphatic rings. The van der Waals surface area contributed by atoms with Crippen LogP contribution in [0.2, 0.25) is 5.02 Å². The predicted octanol–water partition coefficient (Wildman–Crippen LogP) is 2.74. The quantitative estimate of drug-likeness (QED) is 0.524. The fourth-order valence-electron chi connectivity index (χ4n) is 2.66. The predicted molar refractivity (Wildman–Crippen MR) is 115 cm³/mol. The average molecular weight is 464 g/mol. The van der Waals surface area contributed by atoms with E-state index < -0.39 is 26.9 Å². The molecule has 0 saturated carbocycles. The Bertz CT molecular complexity index is 1100. The summed E-state index contributed by atoms with van der Waals surface area (Å²) in [5.74, 6) is -1.76. The molecule has 2 N–H and O–H groups in total. The van der Waals surface area contributed by atoms with Gasteiger partial charge in [-0.25, -0.2) is 8.42 Å². The van der Waals surface area contributed by atoms with Gasteiger partial charge in [-0.1, -0.05) is 23.7 Å². The van der Waals surface area contributed by atoms with Gasteiger partial charge in [0.1, 0.15) is 5.25 Å². The van der Waals surface area contributed by atoms with Gasteiger partial charge in [0.05, 0.1) is 4.90 Å². The largest absolute Gasteiger partial charge is 0.346 e. The topological polar surface area (TPSA) is 105 Å². The third-order valence-corrected chi connectivity index (χ3v) is 7.69. The van der Waals surface area contributed by atoms with Crippen LogP contribution in [0.25, 0.3) is 0 Å². The van der Waals surface area contributed by atoms with Crippen LogP contribution in [-0.4, -0.2) is 31.8 Å². The number of thiophene rings is 1. The molecule has 0 aliphatic carbocycles. The van der Waals surface area contributed by atoms with Crippen LogP contribution in [0.1, 0.15) is 15.7 Å². The SMILES string of the molecule is O=C(NCc1cccnc1)C(=O)NCC(c1cccs1)S(=O)(=O)c1ccc(Cl)cc1. The lowest BCUT2D eigenvalue weighted by molar-refractivity contribution is -0.139. The standard InChI is InChI=1S/C20H18ClN3O4S2/c21-15-5-7-16(8-6-15)30(27,28)18(17-4-2-10-29-17)13-24-20(26)19(25)23-12-14-3-1-9-22-11-14/h1-11,18H,12-13H2,(H,23,25)(H,24,26). The van der Waals surface area contributed by atoms with Crippen molar-refractivity contribution in [2.45, 2.75) is 16.7 Å². The second-order valence-electron chi connectivity index (χ2n) is 6.26. The van der Waals surface area contributed by atoms with Crippen molar-refractivity contribution >= 4 is 44.6 Å². The van der Waals surface area contributed by atoms with Crippen LogP contribution in [-0.2, 0) is 26.0 Å². The first-order valence-electron chi connectivity index (χ1n) is 8.85. The van der Waals surface area contributed by atoms with Crippen molar-refractivity contribution < 1.29 is 18.0 Å². The molecule has 0 radical (unpaired) electrons. The molecule has 1 aromatic carbocycles. The van der Waals surface area contributed by atoms with Gasteiger partial charge in [-0.2, -0.15) is 0 Å². The summed E-state index contributed by atoms with van der Waals surface area (Å²) in [6, 6.07) is 12.7. The van der Waals surface area contributed by atoms with Crippen molar-refractivity contribution in [2.24, 2.45) is 0 Å². The highest BCUT2D eigenvalue weighted by Gasteiger charge is 2.31. The molecule has 0 saturated heterocycles. The number of carbonyl (C=O) groups excluding carboxylic acids is 2. The summed E-state index contributed by atoms with van der Waals surface area (Å²) < 4.78 is 26.3. The van der Waals surface area contributed by atoms with Crippen molar-refractivity contribution in [1.29, 1.82) is 0 Å². The third kappa shape index (κ3) is 5.44. The number of amides is 2. The smallest absolute Gasteiger partial charge is 0.309 e. The van der Waals surface area contributed by atoms with Gasteiger partial charge in [0, 0.05) is 35.4 Å². The zero-order valence-electron chi connectivity index (χ0n) is 15.6. The number of pyridine rings is 1. The fourth-order valence-corrected chi connectivity index (χ4v) is 5.57. The van der Waals surface area contributed by atoms with E-state index in [9.17, 15) is 18.0 Å². The van der Waals surface area contributed by atoms with Gasteiger partial charge in [-0.3, -0.25) is 14.6 Å². The maximum Gasteiger partial charge on any atom is 0.309 e. The summed E-state index contributed by atoms with van der Waals surface area (Å²) in [5, 5.41) is 6.05. The molecule has 10 heteroatoms. The van der Waals surface area contributed by atoms with Crippen LogP contribution < -0.4 is 10.6 Å². The summed E-state index contributed by atoms with van der Waals surface area (Å²) in [6.07, 6.45) is 3.17. The van der Waals surface area contributed by atoms with E-state index in [1.165, 1.54) is 35.6 Å². The van der Waals surface area contributed by atoms with E-state index in [-0.39, 0.29) is 18.0 Å². The first kappa shape index (κ1) is 21.9. The highest BCUT2D eigenvalue weighted by molar-refractivity contribution is 7.91. The van der Waals surface area contributed by atoms with E-state index in [1.807, 2.05) is 0 Å². The molecule has 3 aromatic rings. The minimum atomic E-state index is -3.82. The number of aromatic nitrogens is 1. The molecule has 0 fully saturated rings. The number of carbonyl (C=O) groups is 2. The monoisotopic (exact) mass is 463 g/mol. The van der Waals surface area contributed by atoms with Crippen LogP contribution >= 0.6 is 22.9 Å². The van der Waals surface area contributed by atoms with Gasteiger partial charge in [0.2, 0.25) is 0 Å². The molecule has 0 aliphatic heterocycles. The zero-order valence-corrected chi connectivity index (χ0v) is 18.0. The average Bonchev–Trinajstić information content (AvgIpc) is 3.27. The molecule has 1 unspecified atom stereocenters. The van der Waals surface area contributed by atoms with E-state index in [0.717, 1.165) is 5.56 Å². The minimum absolute atomic E-state index is 0.0839. The molecule has 0 bridgehead atoms. The van der Waals surface area contributed by atoms with Crippen molar-refractivity contribution in [1.82, 2.24) is 15.6 Å². The van der Waals surface area contributed by atoms with Crippen LogP contribution in [0, 0.1) is 0 Å². The molecule has 2 aromatic heterocycles. The summed E-state index contributed by atoms with van der Waals surface area (Å²) >= 11 is 7.11. The molecule has 3 rings (SSSR count). The number of hydrogen-bond donors (Lipinski definition) is 2. The molecular formula is C20H18ClN3O4S2. The van der Waals surface area contributed by atoms with Crippen molar-refractivity contribution in [3.05, 3.63) is 81.8 Å².